The molecule has 0 aliphatic rings. The van der Waals surface area contributed by atoms with Gasteiger partial charge >= 0.3 is 0 Å². The zero-order valence-electron chi connectivity index (χ0n) is 12.3. The average molecular weight is 248 g/mol. The molecule has 18 heavy (non-hydrogen) atoms. The number of benzene rings is 1. The van der Waals surface area contributed by atoms with Crippen molar-refractivity contribution in [3.8, 4) is 5.75 Å². The van der Waals surface area contributed by atoms with Crippen LogP contribution < -0.4 is 0 Å². The van der Waals surface area contributed by atoms with Gasteiger partial charge in [-0.15, -0.1) is 0 Å². The molecule has 1 aromatic carbocycles. The molecule has 1 heteroatoms. The summed E-state index contributed by atoms with van der Waals surface area (Å²) in [5.41, 5.74) is 3.99. The Balaban J connectivity index is 2.68. The second-order valence-electron chi connectivity index (χ2n) is 5.07. The number of rotatable bonds is 8. The smallest absolute Gasteiger partial charge is 0.119 e. The molecular weight excluding hydrogens is 220 g/mol. The van der Waals surface area contributed by atoms with Gasteiger partial charge in [-0.05, 0) is 48.4 Å². The minimum atomic E-state index is 0.500. The molecule has 0 unspecified atom stereocenters. The van der Waals surface area contributed by atoms with E-state index in [4.69, 9.17) is 0 Å². The van der Waals surface area contributed by atoms with E-state index in [0.717, 1.165) is 19.3 Å². The lowest BCUT2D eigenvalue weighted by Crippen LogP contribution is -1.99. The summed E-state index contributed by atoms with van der Waals surface area (Å²) in [5, 5.41) is 10.0. The Kier molecular flexibility index (Phi) is 6.85. The predicted octanol–water partition coefficient (Wildman–Crippen LogP) is 5.03. The summed E-state index contributed by atoms with van der Waals surface area (Å²) in [4.78, 5) is 0. The standard InChI is InChI=1S/C17H28O/c1-4-7-8-9-10-11-16-15(6-3)14(5-2)12-13-17(16)18/h12-13,18H,4-11H2,1-3H3. The largest absolute Gasteiger partial charge is 0.508 e. The lowest BCUT2D eigenvalue weighted by atomic mass is 9.93. The van der Waals surface area contributed by atoms with Gasteiger partial charge in [-0.1, -0.05) is 52.5 Å². The van der Waals surface area contributed by atoms with Crippen LogP contribution >= 0.6 is 0 Å². The minimum Gasteiger partial charge on any atom is -0.508 e. The van der Waals surface area contributed by atoms with Gasteiger partial charge in [-0.3, -0.25) is 0 Å². The lowest BCUT2D eigenvalue weighted by molar-refractivity contribution is 0.464. The lowest BCUT2D eigenvalue weighted by Gasteiger charge is -2.14. The zero-order valence-corrected chi connectivity index (χ0v) is 12.3. The van der Waals surface area contributed by atoms with Gasteiger partial charge in [0.25, 0.3) is 0 Å². The third-order valence-corrected chi connectivity index (χ3v) is 3.77. The van der Waals surface area contributed by atoms with Crippen LogP contribution in [0.25, 0.3) is 0 Å². The van der Waals surface area contributed by atoms with Crippen LogP contribution in [0.3, 0.4) is 0 Å². The fraction of sp³-hybridized carbons (Fsp3) is 0.647. The van der Waals surface area contributed by atoms with Gasteiger partial charge in [0.1, 0.15) is 5.75 Å². The normalized spacial score (nSPS) is 10.8. The Morgan fingerprint density at radius 2 is 1.56 bits per heavy atom. The number of aromatic hydroxyl groups is 1. The first-order valence-electron chi connectivity index (χ1n) is 7.57. The van der Waals surface area contributed by atoms with Crippen molar-refractivity contribution in [2.75, 3.05) is 0 Å². The minimum absolute atomic E-state index is 0.500. The quantitative estimate of drug-likeness (QED) is 0.640. The highest BCUT2D eigenvalue weighted by Crippen LogP contribution is 2.27. The molecule has 0 bridgehead atoms. The number of hydrogen-bond acceptors (Lipinski definition) is 1. The topological polar surface area (TPSA) is 20.2 Å². The maximum absolute atomic E-state index is 10.0. The average Bonchev–Trinajstić information content (AvgIpc) is 2.39. The van der Waals surface area contributed by atoms with Crippen molar-refractivity contribution in [3.05, 3.63) is 28.8 Å². The molecule has 0 saturated heterocycles. The van der Waals surface area contributed by atoms with Gasteiger partial charge in [-0.2, -0.15) is 0 Å². The zero-order chi connectivity index (χ0) is 13.4. The van der Waals surface area contributed by atoms with Crippen molar-refractivity contribution in [2.24, 2.45) is 0 Å². The maximum atomic E-state index is 10.0. The molecule has 0 amide bonds. The van der Waals surface area contributed by atoms with Crippen LogP contribution in [0.1, 0.15) is 69.6 Å². The van der Waals surface area contributed by atoms with Gasteiger partial charge in [0, 0.05) is 0 Å². The Bertz CT molecular complexity index is 355. The Morgan fingerprint density at radius 3 is 2.17 bits per heavy atom. The second-order valence-corrected chi connectivity index (χ2v) is 5.07. The molecule has 1 nitrogen and oxygen atoms in total. The second kappa shape index (κ2) is 8.18. The Labute approximate surface area is 112 Å². The first-order valence-corrected chi connectivity index (χ1v) is 7.57. The van der Waals surface area contributed by atoms with E-state index in [1.54, 1.807) is 0 Å². The Hall–Kier alpha value is -0.980. The summed E-state index contributed by atoms with van der Waals surface area (Å²) >= 11 is 0. The van der Waals surface area contributed by atoms with Crippen LogP contribution in [0.15, 0.2) is 12.1 Å². The number of unbranched alkanes of at least 4 members (excludes halogenated alkanes) is 4. The van der Waals surface area contributed by atoms with Crippen LogP contribution in [0.2, 0.25) is 0 Å². The van der Waals surface area contributed by atoms with Crippen LogP contribution in [0.4, 0.5) is 0 Å². The highest BCUT2D eigenvalue weighted by Gasteiger charge is 2.10. The van der Waals surface area contributed by atoms with Crippen LogP contribution in [0, 0.1) is 0 Å². The third-order valence-electron chi connectivity index (χ3n) is 3.77. The summed E-state index contributed by atoms with van der Waals surface area (Å²) in [7, 11) is 0. The molecule has 0 aliphatic heterocycles. The van der Waals surface area contributed by atoms with Crippen molar-refractivity contribution >= 4 is 0 Å². The number of phenolic OH excluding ortho intramolecular Hbond substituents is 1. The molecule has 0 heterocycles. The molecule has 0 spiro atoms. The summed E-state index contributed by atoms with van der Waals surface area (Å²) in [6.07, 6.45) is 9.56. The van der Waals surface area contributed by atoms with E-state index in [0.29, 0.717) is 5.75 Å². The van der Waals surface area contributed by atoms with Crippen LogP contribution in [0.5, 0.6) is 5.75 Å². The van der Waals surface area contributed by atoms with Gasteiger partial charge in [0.05, 0.1) is 0 Å². The molecule has 0 aromatic heterocycles. The van der Waals surface area contributed by atoms with Gasteiger partial charge in [-0.25, -0.2) is 0 Å². The third kappa shape index (κ3) is 4.04. The fourth-order valence-electron chi connectivity index (χ4n) is 2.69. The molecular formula is C17H28O. The Morgan fingerprint density at radius 1 is 0.833 bits per heavy atom. The van der Waals surface area contributed by atoms with E-state index in [1.807, 2.05) is 6.07 Å². The summed E-state index contributed by atoms with van der Waals surface area (Å²) < 4.78 is 0. The van der Waals surface area contributed by atoms with Crippen LogP contribution in [-0.2, 0) is 19.3 Å². The van der Waals surface area contributed by atoms with Gasteiger partial charge in [0.15, 0.2) is 0 Å². The summed E-state index contributed by atoms with van der Waals surface area (Å²) in [6, 6.07) is 3.95. The number of aryl methyl sites for hydroxylation is 1. The van der Waals surface area contributed by atoms with Crippen LogP contribution in [-0.4, -0.2) is 5.11 Å². The highest BCUT2D eigenvalue weighted by atomic mass is 16.3. The van der Waals surface area contributed by atoms with Crippen molar-refractivity contribution in [1.29, 1.82) is 0 Å². The van der Waals surface area contributed by atoms with E-state index in [9.17, 15) is 5.11 Å². The fourth-order valence-corrected chi connectivity index (χ4v) is 2.69. The molecule has 0 fully saturated rings. The summed E-state index contributed by atoms with van der Waals surface area (Å²) in [6.45, 7) is 6.62. The molecule has 0 radical (unpaired) electrons. The van der Waals surface area contributed by atoms with E-state index in [2.05, 4.69) is 26.8 Å². The van der Waals surface area contributed by atoms with E-state index >= 15 is 0 Å². The SMILES string of the molecule is CCCCCCCc1c(O)ccc(CC)c1CC. The van der Waals surface area contributed by atoms with Crippen molar-refractivity contribution in [2.45, 2.75) is 72.1 Å². The van der Waals surface area contributed by atoms with Gasteiger partial charge in [0.2, 0.25) is 0 Å². The van der Waals surface area contributed by atoms with E-state index in [-0.39, 0.29) is 0 Å². The molecule has 0 atom stereocenters. The number of phenols is 1. The first kappa shape index (κ1) is 15.1. The molecule has 1 rings (SSSR count). The van der Waals surface area contributed by atoms with Crippen molar-refractivity contribution < 1.29 is 5.11 Å². The molecule has 0 aliphatic carbocycles. The summed E-state index contributed by atoms with van der Waals surface area (Å²) in [5.74, 6) is 0.500. The number of hydrogen-bond donors (Lipinski definition) is 1. The molecule has 1 N–H and O–H groups in total. The maximum Gasteiger partial charge on any atom is 0.119 e. The van der Waals surface area contributed by atoms with Crippen molar-refractivity contribution in [3.63, 3.8) is 0 Å². The molecule has 0 saturated carbocycles. The van der Waals surface area contributed by atoms with Crippen molar-refractivity contribution in [1.82, 2.24) is 0 Å². The first-order chi connectivity index (χ1) is 8.74. The van der Waals surface area contributed by atoms with E-state index < -0.39 is 0 Å². The van der Waals surface area contributed by atoms with E-state index in [1.165, 1.54) is 48.8 Å². The molecule has 1 aromatic rings. The molecule has 102 valence electrons. The predicted molar refractivity (Wildman–Crippen MR) is 79.3 cm³/mol. The highest BCUT2D eigenvalue weighted by molar-refractivity contribution is 5.44. The van der Waals surface area contributed by atoms with Gasteiger partial charge < -0.3 is 5.11 Å². The monoisotopic (exact) mass is 248 g/mol.